The van der Waals surface area contributed by atoms with Gasteiger partial charge in [0, 0.05) is 32.9 Å². The van der Waals surface area contributed by atoms with Crippen molar-refractivity contribution in [1.82, 2.24) is 9.13 Å². The summed E-state index contributed by atoms with van der Waals surface area (Å²) in [5.74, 6) is 0. The summed E-state index contributed by atoms with van der Waals surface area (Å²) in [6, 6.07) is 18.0. The van der Waals surface area contributed by atoms with E-state index in [0.29, 0.717) is 27.7 Å². The van der Waals surface area contributed by atoms with Crippen LogP contribution in [0, 0.1) is 0 Å². The fraction of sp³-hybridized carbons (Fsp3) is 0. The predicted octanol–water partition coefficient (Wildman–Crippen LogP) is 12.9. The Kier molecular flexibility index (Phi) is 3.72. The van der Waals surface area contributed by atoms with E-state index in [2.05, 4.69) is 0 Å². The summed E-state index contributed by atoms with van der Waals surface area (Å²) < 4.78 is 152. The second kappa shape index (κ2) is 11.5. The summed E-state index contributed by atoms with van der Waals surface area (Å²) in [4.78, 5) is 0. The summed E-state index contributed by atoms with van der Waals surface area (Å²) in [6.45, 7) is 0. The molecule has 50 heavy (non-hydrogen) atoms. The van der Waals surface area contributed by atoms with Gasteiger partial charge in [0.25, 0.3) is 0 Å². The van der Waals surface area contributed by atoms with Crippen molar-refractivity contribution in [3.05, 3.63) is 194 Å². The molecule has 0 aliphatic heterocycles. The Balaban J connectivity index is 1.22. The van der Waals surface area contributed by atoms with Crippen molar-refractivity contribution in [2.75, 3.05) is 0 Å². The number of nitrogens with zero attached hydrogens (tertiary/aromatic N) is 2. The lowest BCUT2D eigenvalue weighted by atomic mass is 10.0. The second-order valence-electron chi connectivity index (χ2n) is 11.7. The molecule has 0 N–H and O–H groups in total. The van der Waals surface area contributed by atoms with Gasteiger partial charge in [-0.15, -0.1) is 0 Å². The smallest absolute Gasteiger partial charge is 0.0645 e. The molecule has 0 atom stereocenters. The second-order valence-corrected chi connectivity index (χ2v) is 11.7. The van der Waals surface area contributed by atoms with Crippen LogP contribution >= 0.6 is 0 Å². The first-order chi connectivity index (χ1) is 31.9. The fourth-order valence-electron chi connectivity index (χ4n) is 6.65. The average Bonchev–Trinajstić information content (AvgIpc) is 3.86. The van der Waals surface area contributed by atoms with Crippen LogP contribution in [0.4, 0.5) is 0 Å². The monoisotopic (exact) mass is 653 g/mol. The summed E-state index contributed by atoms with van der Waals surface area (Å²) >= 11 is 0. The van der Waals surface area contributed by atoms with Gasteiger partial charge in [-0.3, -0.25) is 0 Å². The molecule has 0 saturated carbocycles. The minimum Gasteiger partial charge on any atom is -0.309 e. The van der Waals surface area contributed by atoms with Crippen LogP contribution in [0.25, 0.3) is 88.4 Å². The van der Waals surface area contributed by atoms with E-state index >= 15 is 0 Å². The lowest BCUT2D eigenvalue weighted by Crippen LogP contribution is -1.94. The van der Waals surface area contributed by atoms with Gasteiger partial charge in [-0.25, -0.2) is 0 Å². The van der Waals surface area contributed by atoms with Crippen molar-refractivity contribution in [1.29, 1.82) is 0 Å². The van der Waals surface area contributed by atoms with E-state index in [-0.39, 0.29) is 50.8 Å². The molecule has 10 rings (SSSR count). The van der Waals surface area contributed by atoms with E-state index in [9.17, 15) is 2.74 Å². The van der Waals surface area contributed by atoms with E-state index in [0.717, 1.165) is 11.1 Å². The Morgan fingerprint density at radius 3 is 1.38 bits per heavy atom. The van der Waals surface area contributed by atoms with Crippen LogP contribution in [0.5, 0.6) is 0 Å². The molecule has 2 nitrogen and oxygen atoms in total. The van der Waals surface area contributed by atoms with Crippen molar-refractivity contribution in [2.45, 2.75) is 0 Å². The first-order valence-corrected chi connectivity index (χ1v) is 15.8. The van der Waals surface area contributed by atoms with E-state index < -0.39 is 101 Å². The molecule has 234 valence electrons. The third-order valence-corrected chi connectivity index (χ3v) is 8.95. The molecular weight excluding hydrogens is 605 g/mol. The zero-order valence-corrected chi connectivity index (χ0v) is 26.1. The highest BCUT2D eigenvalue weighted by molar-refractivity contribution is 6.12. The van der Waals surface area contributed by atoms with Crippen LogP contribution in [0.15, 0.2) is 194 Å². The minimum atomic E-state index is -0.737. The van der Waals surface area contributed by atoms with Crippen LogP contribution in [-0.4, -0.2) is 9.13 Å². The topological polar surface area (TPSA) is 9.86 Å². The molecular formula is C48H32N2. The van der Waals surface area contributed by atoms with Crippen molar-refractivity contribution in [3.63, 3.8) is 0 Å². The molecule has 0 saturated heterocycles. The largest absolute Gasteiger partial charge is 0.309 e. The maximum absolute atomic E-state index is 9.24. The van der Waals surface area contributed by atoms with E-state index in [4.69, 9.17) is 20.6 Å². The normalized spacial score (nSPS) is 16.4. The molecule has 0 unspecified atom stereocenters. The van der Waals surface area contributed by atoms with Gasteiger partial charge >= 0.3 is 0 Å². The quantitative estimate of drug-likeness (QED) is 0.175. The van der Waals surface area contributed by atoms with Crippen molar-refractivity contribution in [2.24, 2.45) is 0 Å². The van der Waals surface area contributed by atoms with Gasteiger partial charge < -0.3 is 9.13 Å². The molecule has 0 amide bonds. The number of benzene rings is 8. The molecule has 0 aliphatic rings. The summed E-state index contributed by atoms with van der Waals surface area (Å²) in [7, 11) is 0. The standard InChI is InChI=1S/C48H32N2/c1-3-11-33(12-4-1)35-19-25-39(26-20-35)49-45-17-9-7-15-41(45)43-31-37(23-29-47(43)49)38-24-30-48-44(32-38)42-16-8-10-18-46(42)50(48)40-27-21-36(22-28-40)34-13-5-2-6-14-34/h1-32H/i1D,3D,4D,7D,8D,9D,10D,11D,12D,15D,16D,17D,18D,19D,20D,25D,26D. The maximum Gasteiger partial charge on any atom is 0.0645 e. The van der Waals surface area contributed by atoms with Gasteiger partial charge in [-0.2, -0.15) is 0 Å². The van der Waals surface area contributed by atoms with E-state index in [1.54, 1.807) is 28.8 Å². The highest BCUT2D eigenvalue weighted by Crippen LogP contribution is 2.38. The third-order valence-electron chi connectivity index (χ3n) is 8.95. The summed E-state index contributed by atoms with van der Waals surface area (Å²) in [6.07, 6.45) is 0. The zero-order chi connectivity index (χ0) is 47.8. The van der Waals surface area contributed by atoms with Crippen LogP contribution in [0.3, 0.4) is 0 Å². The van der Waals surface area contributed by atoms with E-state index in [1.165, 1.54) is 4.57 Å². The summed E-state index contributed by atoms with van der Waals surface area (Å²) in [5, 5.41) is 1.07. The molecule has 0 fully saturated rings. The lowest BCUT2D eigenvalue weighted by Gasteiger charge is -2.11. The number of fused-ring (bicyclic) bond motifs is 6. The number of rotatable bonds is 5. The number of hydrogen-bond acceptors (Lipinski definition) is 0. The summed E-state index contributed by atoms with van der Waals surface area (Å²) in [5.41, 5.74) is 3.19. The van der Waals surface area contributed by atoms with Crippen molar-refractivity contribution >= 4 is 43.6 Å². The van der Waals surface area contributed by atoms with Crippen LogP contribution < -0.4 is 0 Å². The van der Waals surface area contributed by atoms with Crippen LogP contribution in [-0.2, 0) is 0 Å². The Hall–Kier alpha value is -6.64. The molecule has 0 spiro atoms. The maximum atomic E-state index is 9.24. The molecule has 2 heterocycles. The Morgan fingerprint density at radius 2 is 0.780 bits per heavy atom. The molecule has 0 radical (unpaired) electrons. The Morgan fingerprint density at radius 1 is 0.300 bits per heavy atom. The van der Waals surface area contributed by atoms with Crippen LogP contribution in [0.2, 0.25) is 0 Å². The van der Waals surface area contributed by atoms with Gasteiger partial charge in [0.2, 0.25) is 0 Å². The fourth-order valence-corrected chi connectivity index (χ4v) is 6.65. The van der Waals surface area contributed by atoms with Crippen LogP contribution in [0.1, 0.15) is 23.3 Å². The minimum absolute atomic E-state index is 0.0140. The van der Waals surface area contributed by atoms with Gasteiger partial charge in [-0.05, 0) is 93.9 Å². The average molecular weight is 654 g/mol. The van der Waals surface area contributed by atoms with Crippen molar-refractivity contribution in [3.8, 4) is 44.8 Å². The highest BCUT2D eigenvalue weighted by Gasteiger charge is 2.16. The molecule has 10 aromatic rings. The first-order valence-electron chi connectivity index (χ1n) is 24.3. The van der Waals surface area contributed by atoms with E-state index in [1.807, 2.05) is 66.7 Å². The number of aromatic nitrogens is 2. The number of para-hydroxylation sites is 2. The highest BCUT2D eigenvalue weighted by atomic mass is 15.0. The molecule has 0 aliphatic carbocycles. The molecule has 2 aromatic heterocycles. The zero-order valence-electron chi connectivity index (χ0n) is 43.1. The van der Waals surface area contributed by atoms with Gasteiger partial charge in [0.1, 0.15) is 0 Å². The number of hydrogen-bond donors (Lipinski definition) is 0. The Bertz CT molecular complexity index is 3760. The van der Waals surface area contributed by atoms with Gasteiger partial charge in [-0.1, -0.05) is 133 Å². The molecule has 2 heteroatoms. The van der Waals surface area contributed by atoms with Crippen molar-refractivity contribution < 1.29 is 23.3 Å². The molecule has 8 aromatic carbocycles. The SMILES string of the molecule is [2H]c1c([2H])c([2H])c(-c2c([2H])c([2H])c(-n3c4ccc(-c5ccc6c(c5)c5c([2H])c([2H])c([2H])c([2H])c5n6-c5ccc(-c6ccccc6)cc5)cc4c4c([2H])c([2H])c([2H])c([2H])c43)c([2H])c2[2H])c([2H])c1[2H]. The predicted molar refractivity (Wildman–Crippen MR) is 211 cm³/mol. The molecule has 0 bridgehead atoms. The van der Waals surface area contributed by atoms with Gasteiger partial charge in [0.05, 0.1) is 45.4 Å². The third kappa shape index (κ3) is 4.57. The first kappa shape index (κ1) is 16.2. The lowest BCUT2D eigenvalue weighted by molar-refractivity contribution is 1.18. The Labute approximate surface area is 314 Å². The van der Waals surface area contributed by atoms with Gasteiger partial charge in [0.15, 0.2) is 0 Å².